The summed E-state index contributed by atoms with van der Waals surface area (Å²) in [5, 5.41) is 37.9. The van der Waals surface area contributed by atoms with E-state index in [0.29, 0.717) is 0 Å². The number of carbonyl (C=O) groups excluding carboxylic acids is 1. The molecule has 2 aromatic carbocycles. The van der Waals surface area contributed by atoms with Crippen LogP contribution in [0.3, 0.4) is 0 Å². The van der Waals surface area contributed by atoms with E-state index in [9.17, 15) is 25.1 Å². The summed E-state index contributed by atoms with van der Waals surface area (Å²) in [5.41, 5.74) is 2.37. The molecule has 3 N–H and O–H groups in total. The van der Waals surface area contributed by atoms with E-state index in [1.54, 1.807) is 0 Å². The first kappa shape index (κ1) is 20.0. The molecule has 0 aliphatic heterocycles. The van der Waals surface area contributed by atoms with E-state index in [1.807, 2.05) is 24.3 Å². The van der Waals surface area contributed by atoms with Crippen LogP contribution in [0.1, 0.15) is 21.6 Å². The highest BCUT2D eigenvalue weighted by molar-refractivity contribution is 9.10. The van der Waals surface area contributed by atoms with E-state index in [0.717, 1.165) is 22.3 Å². The summed E-state index contributed by atoms with van der Waals surface area (Å²) in [6.45, 7) is 0.242. The Morgan fingerprint density at radius 1 is 1.28 bits per heavy atom. The lowest BCUT2D eigenvalue weighted by Gasteiger charge is -2.01. The van der Waals surface area contributed by atoms with Crippen LogP contribution < -0.4 is 5.43 Å². The van der Waals surface area contributed by atoms with Gasteiger partial charge < -0.3 is 10.2 Å². The number of phenols is 2. The second-order valence-electron chi connectivity index (χ2n) is 5.89. The summed E-state index contributed by atoms with van der Waals surface area (Å²) >= 11 is 3.33. The van der Waals surface area contributed by atoms with Gasteiger partial charge in [-0.2, -0.15) is 10.2 Å². The molecule has 148 valence electrons. The Hall–Kier alpha value is -3.73. The molecule has 0 aliphatic carbocycles. The first-order chi connectivity index (χ1) is 13.8. The maximum atomic E-state index is 12.3. The molecule has 0 saturated heterocycles. The first-order valence-corrected chi connectivity index (χ1v) is 8.94. The van der Waals surface area contributed by atoms with Gasteiger partial charge in [-0.15, -0.1) is 0 Å². The van der Waals surface area contributed by atoms with Crippen LogP contribution in [-0.2, 0) is 6.54 Å². The van der Waals surface area contributed by atoms with Crippen LogP contribution in [-0.4, -0.2) is 37.0 Å². The number of aromatic hydroxyl groups is 2. The number of phenolic OH excluding ortho intramolecular Hbond substituents is 2. The Morgan fingerprint density at radius 3 is 2.66 bits per heavy atom. The average molecular weight is 460 g/mol. The fourth-order valence-electron chi connectivity index (χ4n) is 2.42. The lowest BCUT2D eigenvalue weighted by atomic mass is 10.2. The third-order valence-corrected chi connectivity index (χ3v) is 4.32. The quantitative estimate of drug-likeness (QED) is 0.293. The molecule has 1 aromatic heterocycles. The van der Waals surface area contributed by atoms with E-state index in [-0.39, 0.29) is 29.3 Å². The monoisotopic (exact) mass is 459 g/mol. The van der Waals surface area contributed by atoms with Gasteiger partial charge in [-0.3, -0.25) is 19.6 Å². The maximum absolute atomic E-state index is 12.3. The number of hydrogen-bond acceptors (Lipinski definition) is 7. The number of amides is 1. The van der Waals surface area contributed by atoms with Crippen molar-refractivity contribution in [3.8, 4) is 11.5 Å². The van der Waals surface area contributed by atoms with Crippen LogP contribution in [0.4, 0.5) is 5.69 Å². The second kappa shape index (κ2) is 8.52. The second-order valence-corrected chi connectivity index (χ2v) is 6.80. The Bertz CT molecular complexity index is 1090. The van der Waals surface area contributed by atoms with E-state index in [4.69, 9.17) is 0 Å². The molecule has 0 aliphatic rings. The summed E-state index contributed by atoms with van der Waals surface area (Å²) in [7, 11) is 0. The van der Waals surface area contributed by atoms with Crippen LogP contribution in [0.15, 0.2) is 58.2 Å². The summed E-state index contributed by atoms with van der Waals surface area (Å²) in [6.07, 6.45) is 2.31. The minimum Gasteiger partial charge on any atom is -0.508 e. The highest BCUT2D eigenvalue weighted by Crippen LogP contribution is 2.21. The lowest BCUT2D eigenvalue weighted by molar-refractivity contribution is -0.385. The number of nitrogens with zero attached hydrogens (tertiary/aromatic N) is 4. The number of nitro groups is 1. The Kier molecular flexibility index (Phi) is 5.88. The SMILES string of the molecule is O=C(N/N=C\c1ccc(O)cc1O)c1nn(Cc2ccc(Br)cc2)cc1[N+](=O)[O-]. The van der Waals surface area contributed by atoms with Gasteiger partial charge in [-0.1, -0.05) is 28.1 Å². The van der Waals surface area contributed by atoms with Crippen molar-refractivity contribution in [1.82, 2.24) is 15.2 Å². The van der Waals surface area contributed by atoms with E-state index >= 15 is 0 Å². The molecule has 0 atom stereocenters. The number of aromatic nitrogens is 2. The van der Waals surface area contributed by atoms with Crippen molar-refractivity contribution in [1.29, 1.82) is 0 Å². The predicted molar refractivity (Wildman–Crippen MR) is 107 cm³/mol. The van der Waals surface area contributed by atoms with Gasteiger partial charge in [0.1, 0.15) is 17.7 Å². The number of rotatable bonds is 6. The van der Waals surface area contributed by atoms with Crippen molar-refractivity contribution in [2.24, 2.45) is 5.10 Å². The number of halogens is 1. The molecular formula is C18H14BrN5O5. The smallest absolute Gasteiger partial charge is 0.320 e. The predicted octanol–water partition coefficient (Wildman–Crippen LogP) is 2.78. The van der Waals surface area contributed by atoms with E-state index in [2.05, 4.69) is 31.6 Å². The van der Waals surface area contributed by atoms with Gasteiger partial charge in [0, 0.05) is 16.1 Å². The molecule has 3 aromatic rings. The Labute approximate surface area is 172 Å². The van der Waals surface area contributed by atoms with E-state index in [1.165, 1.54) is 23.0 Å². The molecule has 0 bridgehead atoms. The lowest BCUT2D eigenvalue weighted by Crippen LogP contribution is -2.19. The Balaban J connectivity index is 1.76. The van der Waals surface area contributed by atoms with Gasteiger partial charge in [0.05, 0.1) is 17.7 Å². The zero-order valence-corrected chi connectivity index (χ0v) is 16.3. The molecule has 3 rings (SSSR count). The van der Waals surface area contributed by atoms with Crippen molar-refractivity contribution in [2.75, 3.05) is 0 Å². The van der Waals surface area contributed by atoms with Gasteiger partial charge in [0.15, 0.2) is 0 Å². The molecule has 0 saturated carbocycles. The zero-order valence-electron chi connectivity index (χ0n) is 14.7. The molecule has 0 unspecified atom stereocenters. The number of carbonyl (C=O) groups is 1. The normalized spacial score (nSPS) is 10.9. The molecule has 11 heteroatoms. The molecule has 0 fully saturated rings. The van der Waals surface area contributed by atoms with Gasteiger partial charge in [-0.25, -0.2) is 5.43 Å². The number of hydrazone groups is 1. The first-order valence-electron chi connectivity index (χ1n) is 8.15. The third kappa shape index (κ3) is 4.96. The van der Waals surface area contributed by atoms with Gasteiger partial charge in [0.2, 0.25) is 5.69 Å². The molecule has 1 amide bonds. The van der Waals surface area contributed by atoms with Crippen LogP contribution >= 0.6 is 15.9 Å². The molecule has 10 nitrogen and oxygen atoms in total. The number of benzene rings is 2. The standard InChI is InChI=1S/C18H14BrN5O5/c19-13-4-1-11(2-5-13)9-23-10-15(24(28)29)17(22-23)18(27)21-20-8-12-3-6-14(25)7-16(12)26/h1-8,10,25-26H,9H2,(H,21,27)/b20-8-. The minimum absolute atomic E-state index is 0.129. The molecular weight excluding hydrogens is 446 g/mol. The van der Waals surface area contributed by atoms with Crippen molar-refractivity contribution in [3.05, 3.63) is 80.1 Å². The molecule has 29 heavy (non-hydrogen) atoms. The van der Waals surface area contributed by atoms with Crippen molar-refractivity contribution >= 4 is 33.7 Å². The summed E-state index contributed by atoms with van der Waals surface area (Å²) in [6, 6.07) is 11.1. The largest absolute Gasteiger partial charge is 0.508 e. The average Bonchev–Trinajstić information content (AvgIpc) is 3.09. The maximum Gasteiger partial charge on any atom is 0.320 e. The third-order valence-electron chi connectivity index (χ3n) is 3.80. The molecule has 0 radical (unpaired) electrons. The Morgan fingerprint density at radius 2 is 2.00 bits per heavy atom. The van der Waals surface area contributed by atoms with Crippen molar-refractivity contribution < 1.29 is 19.9 Å². The summed E-state index contributed by atoms with van der Waals surface area (Å²) in [5.74, 6) is -1.25. The molecule has 0 spiro atoms. The number of nitrogens with one attached hydrogen (secondary N) is 1. The minimum atomic E-state index is -0.874. The van der Waals surface area contributed by atoms with Crippen molar-refractivity contribution in [3.63, 3.8) is 0 Å². The van der Waals surface area contributed by atoms with E-state index < -0.39 is 16.5 Å². The topological polar surface area (TPSA) is 143 Å². The summed E-state index contributed by atoms with van der Waals surface area (Å²) in [4.78, 5) is 22.9. The van der Waals surface area contributed by atoms with Gasteiger partial charge >= 0.3 is 5.69 Å². The highest BCUT2D eigenvalue weighted by Gasteiger charge is 2.25. The fraction of sp³-hybridized carbons (Fsp3) is 0.0556. The van der Waals surface area contributed by atoms with Gasteiger partial charge in [-0.05, 0) is 29.8 Å². The van der Waals surface area contributed by atoms with Crippen LogP contribution in [0, 0.1) is 10.1 Å². The van der Waals surface area contributed by atoms with Crippen LogP contribution in [0.2, 0.25) is 0 Å². The van der Waals surface area contributed by atoms with Crippen LogP contribution in [0.25, 0.3) is 0 Å². The number of hydrogen-bond donors (Lipinski definition) is 3. The zero-order chi connectivity index (χ0) is 21.0. The van der Waals surface area contributed by atoms with Gasteiger partial charge in [0.25, 0.3) is 5.91 Å². The summed E-state index contributed by atoms with van der Waals surface area (Å²) < 4.78 is 2.19. The highest BCUT2D eigenvalue weighted by atomic mass is 79.9. The van der Waals surface area contributed by atoms with Crippen LogP contribution in [0.5, 0.6) is 11.5 Å². The fourth-order valence-corrected chi connectivity index (χ4v) is 2.68. The molecule has 1 heterocycles. The van der Waals surface area contributed by atoms with Crippen molar-refractivity contribution in [2.45, 2.75) is 6.54 Å².